The number of aryl methyl sites for hydroxylation is 1. The van der Waals surface area contributed by atoms with Crippen molar-refractivity contribution in [2.75, 3.05) is 24.5 Å². The zero-order valence-corrected chi connectivity index (χ0v) is 17.5. The van der Waals surface area contributed by atoms with E-state index in [9.17, 15) is 4.79 Å². The molecule has 4 rings (SSSR count). The van der Waals surface area contributed by atoms with Gasteiger partial charge in [-0.15, -0.1) is 11.3 Å². The van der Waals surface area contributed by atoms with E-state index in [4.69, 9.17) is 0 Å². The Kier molecular flexibility index (Phi) is 6.20. The molecule has 0 bridgehead atoms. The topological polar surface area (TPSA) is 58.1 Å². The fourth-order valence-electron chi connectivity index (χ4n) is 3.88. The average Bonchev–Trinajstić information content (AvgIpc) is 3.17. The van der Waals surface area contributed by atoms with Gasteiger partial charge in [-0.3, -0.25) is 9.78 Å². The standard InChI is InChI=1S/C23H26N4OS/c1-17-26-21(19-5-3-2-4-6-19)22(29-17)23(28)25-14-7-18-10-15-27(16-11-18)20-8-12-24-13-9-20/h2-6,8-9,12-13,18H,7,10-11,14-16H2,1H3,(H,25,28). The summed E-state index contributed by atoms with van der Waals surface area (Å²) in [7, 11) is 0. The Balaban J connectivity index is 1.28. The number of carbonyl (C=O) groups is 1. The van der Waals surface area contributed by atoms with Gasteiger partial charge in [-0.1, -0.05) is 30.3 Å². The molecule has 1 aliphatic heterocycles. The number of hydrogen-bond donors (Lipinski definition) is 1. The van der Waals surface area contributed by atoms with Gasteiger partial charge in [-0.25, -0.2) is 4.98 Å². The van der Waals surface area contributed by atoms with E-state index in [-0.39, 0.29) is 5.91 Å². The van der Waals surface area contributed by atoms with E-state index < -0.39 is 0 Å². The fourth-order valence-corrected chi connectivity index (χ4v) is 4.73. The molecule has 1 saturated heterocycles. The Morgan fingerprint density at radius 1 is 1.14 bits per heavy atom. The molecule has 0 aliphatic carbocycles. The third-order valence-corrected chi connectivity index (χ3v) is 6.44. The number of amides is 1. The smallest absolute Gasteiger partial charge is 0.263 e. The van der Waals surface area contributed by atoms with Crippen molar-refractivity contribution >= 4 is 22.9 Å². The third-order valence-electron chi connectivity index (χ3n) is 5.47. The second-order valence-electron chi connectivity index (χ2n) is 7.46. The predicted molar refractivity (Wildman–Crippen MR) is 118 cm³/mol. The van der Waals surface area contributed by atoms with Gasteiger partial charge in [-0.2, -0.15) is 0 Å². The van der Waals surface area contributed by atoms with Gasteiger partial charge < -0.3 is 10.2 Å². The predicted octanol–water partition coefficient (Wildman–Crippen LogP) is 4.55. The molecule has 1 aromatic carbocycles. The quantitative estimate of drug-likeness (QED) is 0.652. The Morgan fingerprint density at radius 3 is 2.59 bits per heavy atom. The number of carbonyl (C=O) groups excluding carboxylic acids is 1. The van der Waals surface area contributed by atoms with Crippen molar-refractivity contribution in [2.24, 2.45) is 5.92 Å². The molecule has 29 heavy (non-hydrogen) atoms. The Bertz CT molecular complexity index is 934. The molecule has 1 N–H and O–H groups in total. The van der Waals surface area contributed by atoms with E-state index in [1.807, 2.05) is 49.6 Å². The summed E-state index contributed by atoms with van der Waals surface area (Å²) in [4.78, 5) is 24.6. The van der Waals surface area contributed by atoms with Crippen LogP contribution in [-0.4, -0.2) is 35.5 Å². The van der Waals surface area contributed by atoms with Crippen LogP contribution in [-0.2, 0) is 0 Å². The summed E-state index contributed by atoms with van der Waals surface area (Å²) < 4.78 is 0. The lowest BCUT2D eigenvalue weighted by Crippen LogP contribution is -2.35. The highest BCUT2D eigenvalue weighted by molar-refractivity contribution is 7.14. The number of hydrogen-bond acceptors (Lipinski definition) is 5. The average molecular weight is 407 g/mol. The first-order valence-electron chi connectivity index (χ1n) is 10.2. The maximum Gasteiger partial charge on any atom is 0.263 e. The number of nitrogens with one attached hydrogen (secondary N) is 1. The largest absolute Gasteiger partial charge is 0.371 e. The van der Waals surface area contributed by atoms with Crippen LogP contribution >= 0.6 is 11.3 Å². The van der Waals surface area contributed by atoms with Crippen molar-refractivity contribution in [3.05, 3.63) is 64.7 Å². The molecule has 3 aromatic rings. The van der Waals surface area contributed by atoms with Crippen molar-refractivity contribution in [3.63, 3.8) is 0 Å². The highest BCUT2D eigenvalue weighted by Crippen LogP contribution is 2.28. The van der Waals surface area contributed by atoms with Crippen molar-refractivity contribution < 1.29 is 4.79 Å². The van der Waals surface area contributed by atoms with E-state index in [0.29, 0.717) is 17.3 Å². The number of benzene rings is 1. The number of aromatic nitrogens is 2. The monoisotopic (exact) mass is 406 g/mol. The zero-order chi connectivity index (χ0) is 20.1. The van der Waals surface area contributed by atoms with Crippen LogP contribution in [0, 0.1) is 12.8 Å². The van der Waals surface area contributed by atoms with Crippen LogP contribution in [0.1, 0.15) is 33.9 Å². The second-order valence-corrected chi connectivity index (χ2v) is 8.66. The first-order valence-corrected chi connectivity index (χ1v) is 11.0. The first kappa shape index (κ1) is 19.6. The van der Waals surface area contributed by atoms with Gasteiger partial charge in [0.05, 0.1) is 10.7 Å². The summed E-state index contributed by atoms with van der Waals surface area (Å²) in [5, 5.41) is 4.04. The van der Waals surface area contributed by atoms with Crippen LogP contribution in [0.25, 0.3) is 11.3 Å². The lowest BCUT2D eigenvalue weighted by Gasteiger charge is -2.33. The van der Waals surface area contributed by atoms with Gasteiger partial charge >= 0.3 is 0 Å². The Hall–Kier alpha value is -2.73. The first-order chi connectivity index (χ1) is 14.2. The highest BCUT2D eigenvalue weighted by atomic mass is 32.1. The molecule has 1 aliphatic rings. The number of nitrogens with zero attached hydrogens (tertiary/aromatic N) is 3. The molecule has 150 valence electrons. The number of piperidine rings is 1. The minimum Gasteiger partial charge on any atom is -0.371 e. The summed E-state index contributed by atoms with van der Waals surface area (Å²) in [5.74, 6) is 0.647. The molecule has 0 radical (unpaired) electrons. The molecule has 5 nitrogen and oxygen atoms in total. The molecule has 0 unspecified atom stereocenters. The van der Waals surface area contributed by atoms with Crippen LogP contribution in [0.2, 0.25) is 0 Å². The summed E-state index contributed by atoms with van der Waals surface area (Å²) in [6.45, 7) is 4.79. The normalized spacial score (nSPS) is 14.7. The molecule has 6 heteroatoms. The van der Waals surface area contributed by atoms with Gasteiger partial charge in [0.1, 0.15) is 4.88 Å². The van der Waals surface area contributed by atoms with Gasteiger partial charge in [-0.05, 0) is 44.2 Å². The summed E-state index contributed by atoms with van der Waals surface area (Å²) in [6, 6.07) is 14.1. The lowest BCUT2D eigenvalue weighted by atomic mass is 9.93. The zero-order valence-electron chi connectivity index (χ0n) is 16.7. The van der Waals surface area contributed by atoms with E-state index in [2.05, 4.69) is 32.3 Å². The second kappa shape index (κ2) is 9.18. The Labute approximate surface area is 175 Å². The maximum absolute atomic E-state index is 12.8. The van der Waals surface area contributed by atoms with E-state index in [1.165, 1.54) is 17.0 Å². The number of anilines is 1. The van der Waals surface area contributed by atoms with E-state index in [1.54, 1.807) is 0 Å². The van der Waals surface area contributed by atoms with E-state index >= 15 is 0 Å². The van der Waals surface area contributed by atoms with Crippen LogP contribution < -0.4 is 10.2 Å². The highest BCUT2D eigenvalue weighted by Gasteiger charge is 2.21. The van der Waals surface area contributed by atoms with Gasteiger partial charge in [0.25, 0.3) is 5.91 Å². The minimum absolute atomic E-state index is 0.0105. The molecule has 2 aromatic heterocycles. The molecule has 0 spiro atoms. The van der Waals surface area contributed by atoms with Crippen molar-refractivity contribution in [1.29, 1.82) is 0 Å². The molecule has 0 atom stereocenters. The Morgan fingerprint density at radius 2 is 1.86 bits per heavy atom. The number of pyridine rings is 1. The number of rotatable bonds is 6. The SMILES string of the molecule is Cc1nc(-c2ccccc2)c(C(=O)NCCC2CCN(c3ccncc3)CC2)s1. The van der Waals surface area contributed by atoms with Gasteiger partial charge in [0, 0.05) is 43.3 Å². The molecule has 1 fully saturated rings. The van der Waals surface area contributed by atoms with Crippen LogP contribution in [0.4, 0.5) is 5.69 Å². The lowest BCUT2D eigenvalue weighted by molar-refractivity contribution is 0.0955. The molecule has 1 amide bonds. The summed E-state index contributed by atoms with van der Waals surface area (Å²) in [6.07, 6.45) is 7.04. The molecular formula is C23H26N4OS. The van der Waals surface area contributed by atoms with Crippen LogP contribution in [0.5, 0.6) is 0 Å². The van der Waals surface area contributed by atoms with Crippen molar-refractivity contribution in [2.45, 2.75) is 26.2 Å². The van der Waals surface area contributed by atoms with Gasteiger partial charge in [0.2, 0.25) is 0 Å². The summed E-state index contributed by atoms with van der Waals surface area (Å²) in [5.41, 5.74) is 3.03. The third kappa shape index (κ3) is 4.82. The number of thiazole rings is 1. The van der Waals surface area contributed by atoms with Crippen molar-refractivity contribution in [3.8, 4) is 11.3 Å². The molecular weight excluding hydrogens is 380 g/mol. The fraction of sp³-hybridized carbons (Fsp3) is 0.348. The van der Waals surface area contributed by atoms with E-state index in [0.717, 1.165) is 48.6 Å². The van der Waals surface area contributed by atoms with Crippen LogP contribution in [0.3, 0.4) is 0 Å². The van der Waals surface area contributed by atoms with Crippen LogP contribution in [0.15, 0.2) is 54.9 Å². The minimum atomic E-state index is -0.0105. The molecule has 0 saturated carbocycles. The van der Waals surface area contributed by atoms with Gasteiger partial charge in [0.15, 0.2) is 0 Å². The van der Waals surface area contributed by atoms with Crippen molar-refractivity contribution in [1.82, 2.24) is 15.3 Å². The summed E-state index contributed by atoms with van der Waals surface area (Å²) >= 11 is 1.47. The maximum atomic E-state index is 12.8. The molecule has 3 heterocycles.